The summed E-state index contributed by atoms with van der Waals surface area (Å²) in [4.78, 5) is 21.9. The smallest absolute Gasteiger partial charge is 0.405 e. The lowest BCUT2D eigenvalue weighted by molar-refractivity contribution is -0.115. The zero-order valence-corrected chi connectivity index (χ0v) is 18.6. The molecule has 0 saturated carbocycles. The molecule has 0 saturated heterocycles. The molecule has 0 aliphatic heterocycles. The minimum atomic E-state index is -4.44. The molecule has 4 aromatic rings. The molecule has 0 aliphatic rings. The van der Waals surface area contributed by atoms with Crippen LogP contribution in [-0.4, -0.2) is 41.5 Å². The molecule has 176 valence electrons. The van der Waals surface area contributed by atoms with Gasteiger partial charge in [-0.15, -0.1) is 0 Å². The fourth-order valence-corrected chi connectivity index (χ4v) is 3.59. The van der Waals surface area contributed by atoms with Crippen LogP contribution in [0.4, 0.5) is 19.1 Å². The predicted molar refractivity (Wildman–Crippen MR) is 123 cm³/mol. The molecule has 0 aliphatic carbocycles. The van der Waals surface area contributed by atoms with Gasteiger partial charge in [0, 0.05) is 17.1 Å². The Morgan fingerprint density at radius 2 is 1.76 bits per heavy atom. The van der Waals surface area contributed by atoms with E-state index in [1.165, 1.54) is 17.9 Å². The molecule has 0 fully saturated rings. The number of fused-ring (bicyclic) bond motifs is 1. The molecule has 0 bridgehead atoms. The highest BCUT2D eigenvalue weighted by Crippen LogP contribution is 2.28. The molecule has 2 aromatic heterocycles. The maximum absolute atomic E-state index is 13.7. The van der Waals surface area contributed by atoms with Crippen LogP contribution in [0.1, 0.15) is 5.56 Å². The van der Waals surface area contributed by atoms with Crippen LogP contribution in [0.3, 0.4) is 0 Å². The van der Waals surface area contributed by atoms with Gasteiger partial charge >= 0.3 is 6.18 Å². The van der Waals surface area contributed by atoms with Gasteiger partial charge in [0.2, 0.25) is 5.95 Å². The Bertz CT molecular complexity index is 1400. The van der Waals surface area contributed by atoms with Crippen molar-refractivity contribution in [2.45, 2.75) is 13.1 Å². The number of halogens is 3. The molecular weight excluding hydrogens is 449 g/mol. The number of hydrogen-bond acceptors (Lipinski definition) is 6. The number of aryl methyl sites for hydroxylation is 1. The first-order chi connectivity index (χ1) is 16.2. The average Bonchev–Trinajstić information content (AvgIpc) is 2.82. The number of ether oxygens (including phenoxy) is 2. The summed E-state index contributed by atoms with van der Waals surface area (Å²) in [5.74, 6) is 1.04. The highest BCUT2D eigenvalue weighted by molar-refractivity contribution is 5.83. The Kier molecular flexibility index (Phi) is 6.14. The molecule has 0 unspecified atom stereocenters. The quantitative estimate of drug-likeness (QED) is 0.438. The van der Waals surface area contributed by atoms with Gasteiger partial charge in [-0.05, 0) is 60.5 Å². The van der Waals surface area contributed by atoms with E-state index < -0.39 is 12.7 Å². The number of pyridine rings is 1. The normalized spacial score (nSPS) is 11.5. The van der Waals surface area contributed by atoms with Crippen molar-refractivity contribution in [3.63, 3.8) is 0 Å². The van der Waals surface area contributed by atoms with Gasteiger partial charge in [0.05, 0.1) is 19.9 Å². The third-order valence-corrected chi connectivity index (χ3v) is 5.22. The first-order valence-corrected chi connectivity index (χ1v) is 10.2. The van der Waals surface area contributed by atoms with Crippen LogP contribution in [0.25, 0.3) is 27.8 Å². The summed E-state index contributed by atoms with van der Waals surface area (Å²) >= 11 is 0. The van der Waals surface area contributed by atoms with Crippen molar-refractivity contribution in [2.75, 3.05) is 26.1 Å². The predicted octanol–water partition coefficient (Wildman–Crippen LogP) is 4.75. The van der Waals surface area contributed by atoms with Gasteiger partial charge in [0.1, 0.15) is 18.0 Å². The Morgan fingerprint density at radius 3 is 2.38 bits per heavy atom. The summed E-state index contributed by atoms with van der Waals surface area (Å²) < 4.78 is 49.9. The third-order valence-electron chi connectivity index (χ3n) is 5.22. The first-order valence-electron chi connectivity index (χ1n) is 10.2. The molecule has 0 amide bonds. The molecule has 7 nitrogen and oxygen atoms in total. The van der Waals surface area contributed by atoms with Crippen LogP contribution in [0.2, 0.25) is 0 Å². The van der Waals surface area contributed by atoms with E-state index in [0.717, 1.165) is 5.56 Å². The second-order valence-electron chi connectivity index (χ2n) is 7.52. The van der Waals surface area contributed by atoms with Gasteiger partial charge < -0.3 is 14.8 Å². The fraction of sp³-hybridized carbons (Fsp3) is 0.208. The Morgan fingerprint density at radius 1 is 1.03 bits per heavy atom. The van der Waals surface area contributed by atoms with Crippen molar-refractivity contribution >= 4 is 17.0 Å². The largest absolute Gasteiger partial charge is 0.497 e. The summed E-state index contributed by atoms with van der Waals surface area (Å²) in [5, 5.41) is 2.65. The van der Waals surface area contributed by atoms with E-state index in [2.05, 4.69) is 15.3 Å². The van der Waals surface area contributed by atoms with Crippen LogP contribution < -0.4 is 20.3 Å². The molecule has 1 N–H and O–H groups in total. The van der Waals surface area contributed by atoms with Gasteiger partial charge in [-0.25, -0.2) is 4.98 Å². The molecule has 2 aromatic carbocycles. The second-order valence-corrected chi connectivity index (χ2v) is 7.52. The number of benzene rings is 2. The highest BCUT2D eigenvalue weighted by atomic mass is 19.4. The molecular formula is C24H21F3N4O3. The Labute approximate surface area is 192 Å². The first kappa shape index (κ1) is 23.1. The number of methoxy groups -OCH3 is 2. The average molecular weight is 470 g/mol. The summed E-state index contributed by atoms with van der Waals surface area (Å²) in [7, 11) is 3.09. The van der Waals surface area contributed by atoms with E-state index >= 15 is 0 Å². The summed E-state index contributed by atoms with van der Waals surface area (Å²) in [5.41, 5.74) is 2.15. The lowest BCUT2D eigenvalue weighted by Crippen LogP contribution is -2.24. The van der Waals surface area contributed by atoms with Crippen molar-refractivity contribution in [3.05, 3.63) is 70.6 Å². The maximum atomic E-state index is 13.7. The van der Waals surface area contributed by atoms with Gasteiger partial charge in [-0.3, -0.25) is 9.36 Å². The maximum Gasteiger partial charge on any atom is 0.405 e. The zero-order valence-electron chi connectivity index (χ0n) is 18.6. The number of nitrogens with zero attached hydrogens (tertiary/aromatic N) is 3. The van der Waals surface area contributed by atoms with Gasteiger partial charge in [-0.2, -0.15) is 18.2 Å². The van der Waals surface area contributed by atoms with E-state index in [4.69, 9.17) is 9.47 Å². The van der Waals surface area contributed by atoms with Crippen molar-refractivity contribution in [1.82, 2.24) is 14.5 Å². The molecule has 2 heterocycles. The summed E-state index contributed by atoms with van der Waals surface area (Å²) in [6.07, 6.45) is -3.05. The van der Waals surface area contributed by atoms with Gasteiger partial charge in [-0.1, -0.05) is 6.07 Å². The Balaban J connectivity index is 1.94. The van der Waals surface area contributed by atoms with E-state index in [0.29, 0.717) is 33.7 Å². The number of rotatable bonds is 6. The molecule has 4 rings (SSSR count). The highest BCUT2D eigenvalue weighted by Gasteiger charge is 2.27. The monoisotopic (exact) mass is 470 g/mol. The van der Waals surface area contributed by atoms with Crippen molar-refractivity contribution in [3.8, 4) is 28.3 Å². The molecule has 0 radical (unpaired) electrons. The summed E-state index contributed by atoms with van der Waals surface area (Å²) in [6, 6.07) is 13.7. The van der Waals surface area contributed by atoms with E-state index in [-0.39, 0.29) is 17.2 Å². The standard InChI is InChI=1S/C24H21F3N4O3/c1-14-10-15(4-9-20(14)34-3)19-11-16-12-28-23(29-13-24(25,26)27)30-21(16)31(22(19)32)17-5-7-18(33-2)8-6-17/h4-12H,13H2,1-3H3,(H,28,29,30). The number of alkyl halides is 3. The Hall–Kier alpha value is -4.08. The lowest BCUT2D eigenvalue weighted by Gasteiger charge is -2.15. The van der Waals surface area contributed by atoms with Crippen LogP contribution in [0.15, 0.2) is 59.5 Å². The number of aromatic nitrogens is 3. The minimum Gasteiger partial charge on any atom is -0.497 e. The van der Waals surface area contributed by atoms with E-state index in [1.54, 1.807) is 49.6 Å². The van der Waals surface area contributed by atoms with Gasteiger partial charge in [0.15, 0.2) is 5.65 Å². The van der Waals surface area contributed by atoms with E-state index in [1.807, 2.05) is 13.0 Å². The molecule has 0 atom stereocenters. The fourth-order valence-electron chi connectivity index (χ4n) is 3.59. The second kappa shape index (κ2) is 9.05. The van der Waals surface area contributed by atoms with Crippen LogP contribution in [-0.2, 0) is 0 Å². The lowest BCUT2D eigenvalue weighted by atomic mass is 10.0. The minimum absolute atomic E-state index is 0.170. The number of anilines is 1. The van der Waals surface area contributed by atoms with Gasteiger partial charge in [0.25, 0.3) is 5.56 Å². The topological polar surface area (TPSA) is 78.3 Å². The number of nitrogens with one attached hydrogen (secondary N) is 1. The van der Waals surface area contributed by atoms with Crippen molar-refractivity contribution < 1.29 is 22.6 Å². The van der Waals surface area contributed by atoms with Crippen molar-refractivity contribution in [1.29, 1.82) is 0 Å². The third kappa shape index (κ3) is 4.66. The summed E-state index contributed by atoms with van der Waals surface area (Å²) in [6.45, 7) is 0.571. The van der Waals surface area contributed by atoms with Crippen LogP contribution in [0, 0.1) is 6.92 Å². The van der Waals surface area contributed by atoms with Crippen LogP contribution in [0.5, 0.6) is 11.5 Å². The molecule has 34 heavy (non-hydrogen) atoms. The SMILES string of the molecule is COc1ccc(-n2c(=O)c(-c3ccc(OC)c(C)c3)cc3cnc(NCC(F)(F)F)nc32)cc1. The zero-order chi connectivity index (χ0) is 24.5. The van der Waals surface area contributed by atoms with E-state index in [9.17, 15) is 18.0 Å². The van der Waals surface area contributed by atoms with Crippen LogP contribution >= 0.6 is 0 Å². The van der Waals surface area contributed by atoms with Crippen molar-refractivity contribution in [2.24, 2.45) is 0 Å². The molecule has 10 heteroatoms. The number of hydrogen-bond donors (Lipinski definition) is 1. The molecule has 0 spiro atoms.